The third kappa shape index (κ3) is 5.76. The van der Waals surface area contributed by atoms with Crippen LogP contribution in [0.15, 0.2) is 65.7 Å². The molecule has 0 saturated carbocycles. The summed E-state index contributed by atoms with van der Waals surface area (Å²) in [4.78, 5) is 4.39. The first-order chi connectivity index (χ1) is 14.3. The van der Waals surface area contributed by atoms with Gasteiger partial charge in [0, 0.05) is 5.92 Å². The zero-order chi connectivity index (χ0) is 21.7. The molecule has 156 valence electrons. The molecule has 0 saturated heterocycles. The smallest absolute Gasteiger partial charge is 0.191 e. The van der Waals surface area contributed by atoms with Gasteiger partial charge in [-0.05, 0) is 60.2 Å². The Kier molecular flexibility index (Phi) is 7.00. The molecule has 0 aliphatic rings. The minimum Gasteiger partial charge on any atom is -0.476 e. The van der Waals surface area contributed by atoms with E-state index in [9.17, 15) is 13.2 Å². The van der Waals surface area contributed by atoms with Crippen molar-refractivity contribution in [2.24, 2.45) is 10.9 Å². The molecule has 0 heterocycles. The van der Waals surface area contributed by atoms with Crippen LogP contribution in [0.3, 0.4) is 0 Å². The summed E-state index contributed by atoms with van der Waals surface area (Å²) in [5.74, 6) is -0.813. The van der Waals surface area contributed by atoms with E-state index in [1.54, 1.807) is 6.07 Å². The van der Waals surface area contributed by atoms with Crippen LogP contribution in [0.1, 0.15) is 19.4 Å². The highest BCUT2D eigenvalue weighted by molar-refractivity contribution is 6.31. The Hall–Kier alpha value is -2.99. The van der Waals surface area contributed by atoms with Gasteiger partial charge in [0.1, 0.15) is 24.0 Å². The summed E-state index contributed by atoms with van der Waals surface area (Å²) in [6.07, 6.45) is 0. The predicted molar refractivity (Wildman–Crippen MR) is 111 cm³/mol. The van der Waals surface area contributed by atoms with E-state index in [2.05, 4.69) is 4.99 Å². The number of hydrogen-bond acceptors (Lipinski definition) is 3. The van der Waals surface area contributed by atoms with Crippen LogP contribution in [0.2, 0.25) is 5.02 Å². The van der Waals surface area contributed by atoms with Crippen molar-refractivity contribution in [3.05, 3.63) is 88.7 Å². The summed E-state index contributed by atoms with van der Waals surface area (Å²) in [6, 6.07) is 13.8. The van der Waals surface area contributed by atoms with Gasteiger partial charge in [0.15, 0.2) is 17.5 Å². The molecule has 3 aromatic carbocycles. The first-order valence-corrected chi connectivity index (χ1v) is 9.58. The molecule has 0 aromatic heterocycles. The zero-order valence-corrected chi connectivity index (χ0v) is 17.1. The number of nitrogens with zero attached hydrogens (tertiary/aromatic N) is 1. The average molecular weight is 434 g/mol. The lowest BCUT2D eigenvalue weighted by atomic mass is 10.2. The van der Waals surface area contributed by atoms with Crippen molar-refractivity contribution in [1.82, 2.24) is 0 Å². The summed E-state index contributed by atoms with van der Waals surface area (Å²) < 4.78 is 51.8. The minimum absolute atomic E-state index is 0.00365. The molecule has 3 aromatic rings. The van der Waals surface area contributed by atoms with Gasteiger partial charge in [0.2, 0.25) is 0 Å². The van der Waals surface area contributed by atoms with E-state index in [0.717, 1.165) is 0 Å². The van der Waals surface area contributed by atoms with Gasteiger partial charge in [-0.1, -0.05) is 31.5 Å². The van der Waals surface area contributed by atoms with Crippen molar-refractivity contribution in [1.29, 1.82) is 0 Å². The molecular formula is C23H19ClF3NO2. The van der Waals surface area contributed by atoms with Crippen molar-refractivity contribution in [2.45, 2.75) is 20.5 Å². The van der Waals surface area contributed by atoms with Crippen LogP contribution in [0.25, 0.3) is 0 Å². The van der Waals surface area contributed by atoms with E-state index >= 15 is 0 Å². The number of halogens is 4. The van der Waals surface area contributed by atoms with Gasteiger partial charge in [-0.15, -0.1) is 0 Å². The lowest BCUT2D eigenvalue weighted by molar-refractivity contribution is 0.273. The maximum Gasteiger partial charge on any atom is 0.191 e. The first-order valence-electron chi connectivity index (χ1n) is 9.20. The summed E-state index contributed by atoms with van der Waals surface area (Å²) in [7, 11) is 0. The highest BCUT2D eigenvalue weighted by Crippen LogP contribution is 2.27. The maximum absolute atomic E-state index is 14.1. The van der Waals surface area contributed by atoms with E-state index in [0.29, 0.717) is 22.9 Å². The van der Waals surface area contributed by atoms with Gasteiger partial charge in [-0.25, -0.2) is 18.2 Å². The van der Waals surface area contributed by atoms with Gasteiger partial charge in [0.25, 0.3) is 0 Å². The molecule has 0 spiro atoms. The molecule has 30 heavy (non-hydrogen) atoms. The van der Waals surface area contributed by atoms with Crippen LogP contribution in [0.4, 0.5) is 18.9 Å². The van der Waals surface area contributed by atoms with Gasteiger partial charge in [-0.2, -0.15) is 0 Å². The lowest BCUT2D eigenvalue weighted by Gasteiger charge is -2.14. The summed E-state index contributed by atoms with van der Waals surface area (Å²) in [5.41, 5.74) is 1.11. The van der Waals surface area contributed by atoms with Crippen molar-refractivity contribution in [2.75, 3.05) is 0 Å². The van der Waals surface area contributed by atoms with E-state index in [-0.39, 0.29) is 23.3 Å². The minimum atomic E-state index is -0.554. The van der Waals surface area contributed by atoms with Gasteiger partial charge in [0.05, 0.1) is 10.7 Å². The number of rotatable bonds is 6. The van der Waals surface area contributed by atoms with Gasteiger partial charge < -0.3 is 9.47 Å². The largest absolute Gasteiger partial charge is 0.476 e. The molecule has 0 atom stereocenters. The molecule has 0 radical (unpaired) electrons. The predicted octanol–water partition coefficient (Wildman–Crippen LogP) is 7.45. The molecular weight excluding hydrogens is 415 g/mol. The summed E-state index contributed by atoms with van der Waals surface area (Å²) in [5, 5.41) is -0.0273. The van der Waals surface area contributed by atoms with Crippen molar-refractivity contribution in [3.63, 3.8) is 0 Å². The zero-order valence-electron chi connectivity index (χ0n) is 16.3. The Morgan fingerprint density at radius 1 is 0.933 bits per heavy atom. The fourth-order valence-electron chi connectivity index (χ4n) is 2.51. The Balaban J connectivity index is 1.75. The summed E-state index contributed by atoms with van der Waals surface area (Å²) in [6.45, 7) is 3.92. The average Bonchev–Trinajstić information content (AvgIpc) is 2.71. The fraction of sp³-hybridized carbons (Fsp3) is 0.174. The molecule has 0 aliphatic heterocycles. The van der Waals surface area contributed by atoms with Crippen LogP contribution < -0.4 is 4.74 Å². The topological polar surface area (TPSA) is 30.8 Å². The summed E-state index contributed by atoms with van der Waals surface area (Å²) >= 11 is 5.80. The third-order valence-corrected chi connectivity index (χ3v) is 4.35. The number of aliphatic imine (C=N–C) groups is 1. The first kappa shape index (κ1) is 21.7. The molecule has 3 rings (SSSR count). The van der Waals surface area contributed by atoms with E-state index in [1.807, 2.05) is 13.8 Å². The highest BCUT2D eigenvalue weighted by atomic mass is 35.5. The molecule has 0 N–H and O–H groups in total. The maximum atomic E-state index is 14.1. The monoisotopic (exact) mass is 433 g/mol. The van der Waals surface area contributed by atoms with Gasteiger partial charge in [-0.3, -0.25) is 0 Å². The quantitative estimate of drug-likeness (QED) is 0.298. The number of benzene rings is 3. The van der Waals surface area contributed by atoms with Gasteiger partial charge >= 0.3 is 0 Å². The molecule has 3 nitrogen and oxygen atoms in total. The third-order valence-electron chi connectivity index (χ3n) is 4.06. The normalized spacial score (nSPS) is 11.6. The van der Waals surface area contributed by atoms with Crippen molar-refractivity contribution < 1.29 is 22.6 Å². The molecule has 0 bridgehead atoms. The molecule has 7 heteroatoms. The molecule has 0 fully saturated rings. The van der Waals surface area contributed by atoms with E-state index in [1.165, 1.54) is 54.6 Å². The fourth-order valence-corrected chi connectivity index (χ4v) is 2.69. The van der Waals surface area contributed by atoms with Crippen LogP contribution in [0.5, 0.6) is 11.5 Å². The van der Waals surface area contributed by atoms with Crippen LogP contribution >= 0.6 is 11.6 Å². The second-order valence-corrected chi connectivity index (χ2v) is 7.22. The van der Waals surface area contributed by atoms with Crippen LogP contribution in [-0.4, -0.2) is 5.90 Å². The Morgan fingerprint density at radius 2 is 1.63 bits per heavy atom. The Morgan fingerprint density at radius 3 is 2.30 bits per heavy atom. The SMILES string of the molecule is CC(C)C(=Nc1ccc(F)c(Cl)c1)OCc1ccc(F)c(Oc2ccc(F)cc2)c1. The van der Waals surface area contributed by atoms with Crippen LogP contribution in [0, 0.1) is 23.4 Å². The molecule has 0 aliphatic carbocycles. The van der Waals surface area contributed by atoms with Crippen molar-refractivity contribution >= 4 is 23.2 Å². The number of hydrogen-bond donors (Lipinski definition) is 0. The second-order valence-electron chi connectivity index (χ2n) is 6.81. The lowest BCUT2D eigenvalue weighted by Crippen LogP contribution is -2.12. The molecule has 0 unspecified atom stereocenters. The second kappa shape index (κ2) is 9.67. The Labute approximate surface area is 177 Å². The Bertz CT molecular complexity index is 1050. The molecule has 0 amide bonds. The van der Waals surface area contributed by atoms with E-state index < -0.39 is 17.5 Å². The van der Waals surface area contributed by atoms with E-state index in [4.69, 9.17) is 21.1 Å². The standard InChI is InChI=1S/C23H19ClF3NO2/c1-14(2)23(28-17-6-10-20(26)19(24)12-17)29-13-15-3-9-21(27)22(11-15)30-18-7-4-16(25)5-8-18/h3-12,14H,13H2,1-2H3. The van der Waals surface area contributed by atoms with Crippen LogP contribution in [-0.2, 0) is 11.3 Å². The number of ether oxygens (including phenoxy) is 2. The highest BCUT2D eigenvalue weighted by Gasteiger charge is 2.11. The van der Waals surface area contributed by atoms with Crippen molar-refractivity contribution in [3.8, 4) is 11.5 Å².